The summed E-state index contributed by atoms with van der Waals surface area (Å²) in [5.41, 5.74) is 2.99. The Bertz CT molecular complexity index is 667. The van der Waals surface area contributed by atoms with Crippen molar-refractivity contribution in [2.75, 3.05) is 5.32 Å². The molecule has 0 saturated carbocycles. The predicted octanol–water partition coefficient (Wildman–Crippen LogP) is 2.40. The number of rotatable bonds is 4. The molecule has 1 heterocycles. The molecule has 20 heavy (non-hydrogen) atoms. The second-order valence-corrected chi connectivity index (χ2v) is 4.61. The molecule has 1 amide bonds. The molecule has 0 atom stereocenters. The number of aromatic nitrogens is 2. The second kappa shape index (κ2) is 6.02. The first kappa shape index (κ1) is 13.8. The van der Waals surface area contributed by atoms with Crippen LogP contribution in [0, 0.1) is 25.2 Å². The van der Waals surface area contributed by atoms with Gasteiger partial charge >= 0.3 is 0 Å². The molecule has 0 radical (unpaired) electrons. The van der Waals surface area contributed by atoms with Crippen LogP contribution in [0.25, 0.3) is 0 Å². The summed E-state index contributed by atoms with van der Waals surface area (Å²) in [4.78, 5) is 11.9. The Balaban J connectivity index is 1.96. The van der Waals surface area contributed by atoms with Gasteiger partial charge in [0.2, 0.25) is 5.91 Å². The highest BCUT2D eigenvalue weighted by Gasteiger charge is 2.08. The lowest BCUT2D eigenvalue weighted by molar-refractivity contribution is -0.116. The van der Waals surface area contributed by atoms with Gasteiger partial charge < -0.3 is 5.32 Å². The first-order valence-corrected chi connectivity index (χ1v) is 6.40. The third-order valence-corrected chi connectivity index (χ3v) is 2.98. The quantitative estimate of drug-likeness (QED) is 0.925. The van der Waals surface area contributed by atoms with Crippen molar-refractivity contribution in [3.8, 4) is 6.07 Å². The van der Waals surface area contributed by atoms with Crippen LogP contribution in [-0.2, 0) is 11.3 Å². The average molecular weight is 268 g/mol. The summed E-state index contributed by atoms with van der Waals surface area (Å²) in [7, 11) is 0. The van der Waals surface area contributed by atoms with Gasteiger partial charge in [0, 0.05) is 18.7 Å². The van der Waals surface area contributed by atoms with Crippen LogP contribution in [0.3, 0.4) is 0 Å². The second-order valence-electron chi connectivity index (χ2n) is 4.61. The summed E-state index contributed by atoms with van der Waals surface area (Å²) in [6, 6.07) is 11.0. The molecule has 102 valence electrons. The Hall–Kier alpha value is -2.61. The van der Waals surface area contributed by atoms with E-state index in [1.165, 1.54) is 0 Å². The Morgan fingerprint density at radius 1 is 1.40 bits per heavy atom. The van der Waals surface area contributed by atoms with Gasteiger partial charge in [-0.05, 0) is 32.0 Å². The van der Waals surface area contributed by atoms with Crippen LogP contribution < -0.4 is 5.32 Å². The topological polar surface area (TPSA) is 70.7 Å². The van der Waals surface area contributed by atoms with E-state index in [9.17, 15) is 4.79 Å². The van der Waals surface area contributed by atoms with Crippen LogP contribution in [-0.4, -0.2) is 15.7 Å². The molecule has 5 nitrogen and oxygen atoms in total. The third-order valence-electron chi connectivity index (χ3n) is 2.98. The van der Waals surface area contributed by atoms with E-state index < -0.39 is 0 Å². The lowest BCUT2D eigenvalue weighted by Crippen LogP contribution is -2.16. The van der Waals surface area contributed by atoms with Crippen molar-refractivity contribution in [1.29, 1.82) is 5.26 Å². The largest absolute Gasteiger partial charge is 0.325 e. The van der Waals surface area contributed by atoms with Crippen molar-refractivity contribution in [2.24, 2.45) is 0 Å². The molecular weight excluding hydrogens is 252 g/mol. The van der Waals surface area contributed by atoms with Gasteiger partial charge in [-0.2, -0.15) is 10.4 Å². The van der Waals surface area contributed by atoms with Crippen LogP contribution in [0.15, 0.2) is 30.3 Å². The number of carbonyl (C=O) groups is 1. The Kier molecular flexibility index (Phi) is 4.16. The van der Waals surface area contributed by atoms with E-state index in [-0.39, 0.29) is 5.91 Å². The highest BCUT2D eigenvalue weighted by Crippen LogP contribution is 2.14. The molecule has 2 rings (SSSR count). The zero-order valence-electron chi connectivity index (χ0n) is 11.6. The summed E-state index contributed by atoms with van der Waals surface area (Å²) in [6.07, 6.45) is 0.321. The number of nitriles is 1. The van der Waals surface area contributed by atoms with E-state index >= 15 is 0 Å². The third kappa shape index (κ3) is 3.23. The molecular formula is C15H16N4O. The van der Waals surface area contributed by atoms with Gasteiger partial charge in [0.1, 0.15) is 6.07 Å². The number of aryl methyl sites for hydroxylation is 3. The maximum Gasteiger partial charge on any atom is 0.226 e. The number of benzene rings is 1. The molecule has 1 aromatic heterocycles. The normalized spacial score (nSPS) is 10.1. The molecule has 0 bridgehead atoms. The summed E-state index contributed by atoms with van der Waals surface area (Å²) in [5, 5.41) is 16.0. The summed E-state index contributed by atoms with van der Waals surface area (Å²) >= 11 is 0. The minimum absolute atomic E-state index is 0.125. The fraction of sp³-hybridized carbons (Fsp3) is 0.267. The van der Waals surface area contributed by atoms with Gasteiger partial charge in [-0.3, -0.25) is 9.48 Å². The van der Waals surface area contributed by atoms with E-state index in [1.807, 2.05) is 24.6 Å². The van der Waals surface area contributed by atoms with Gasteiger partial charge in [-0.25, -0.2) is 0 Å². The van der Waals surface area contributed by atoms with Crippen LogP contribution in [0.5, 0.6) is 0 Å². The SMILES string of the molecule is Cc1cc(C)n(CCC(=O)Nc2ccccc2C#N)n1. The smallest absolute Gasteiger partial charge is 0.226 e. The molecule has 0 fully saturated rings. The van der Waals surface area contributed by atoms with Gasteiger partial charge in [0.15, 0.2) is 0 Å². The van der Waals surface area contributed by atoms with Crippen molar-refractivity contribution >= 4 is 11.6 Å². The number of para-hydroxylation sites is 1. The number of anilines is 1. The molecule has 0 aliphatic heterocycles. The lowest BCUT2D eigenvalue weighted by atomic mass is 10.2. The van der Waals surface area contributed by atoms with Crippen LogP contribution in [0.4, 0.5) is 5.69 Å². The lowest BCUT2D eigenvalue weighted by Gasteiger charge is -2.07. The first-order chi connectivity index (χ1) is 9.60. The summed E-state index contributed by atoms with van der Waals surface area (Å²) in [6.45, 7) is 4.41. The minimum atomic E-state index is -0.125. The highest BCUT2D eigenvalue weighted by molar-refractivity contribution is 5.92. The van der Waals surface area contributed by atoms with E-state index in [4.69, 9.17) is 5.26 Å². The van der Waals surface area contributed by atoms with Crippen molar-refractivity contribution in [2.45, 2.75) is 26.8 Å². The number of nitrogens with zero attached hydrogens (tertiary/aromatic N) is 3. The van der Waals surface area contributed by atoms with E-state index in [0.29, 0.717) is 24.2 Å². The molecule has 2 aromatic rings. The predicted molar refractivity (Wildman–Crippen MR) is 76.1 cm³/mol. The molecule has 0 aliphatic carbocycles. The zero-order valence-corrected chi connectivity index (χ0v) is 11.6. The molecule has 1 N–H and O–H groups in total. The molecule has 1 aromatic carbocycles. The standard InChI is InChI=1S/C15H16N4O/c1-11-9-12(2)19(18-11)8-7-15(20)17-14-6-4-3-5-13(14)10-16/h3-6,9H,7-8H2,1-2H3,(H,17,20). The number of nitrogens with one attached hydrogen (secondary N) is 1. The average Bonchev–Trinajstić information content (AvgIpc) is 2.75. The maximum absolute atomic E-state index is 11.9. The number of hydrogen-bond acceptors (Lipinski definition) is 3. The van der Waals surface area contributed by atoms with E-state index in [1.54, 1.807) is 24.3 Å². The number of hydrogen-bond donors (Lipinski definition) is 1. The molecule has 0 saturated heterocycles. The van der Waals surface area contributed by atoms with E-state index in [0.717, 1.165) is 11.4 Å². The van der Waals surface area contributed by atoms with Gasteiger partial charge in [-0.1, -0.05) is 12.1 Å². The van der Waals surface area contributed by atoms with Crippen LogP contribution in [0.2, 0.25) is 0 Å². The van der Waals surface area contributed by atoms with Crippen molar-refractivity contribution in [1.82, 2.24) is 9.78 Å². The summed E-state index contributed by atoms with van der Waals surface area (Å²) < 4.78 is 1.81. The van der Waals surface area contributed by atoms with Crippen molar-refractivity contribution in [3.05, 3.63) is 47.3 Å². The summed E-state index contributed by atoms with van der Waals surface area (Å²) in [5.74, 6) is -0.125. The van der Waals surface area contributed by atoms with E-state index in [2.05, 4.69) is 16.5 Å². The van der Waals surface area contributed by atoms with Crippen LogP contribution in [0.1, 0.15) is 23.4 Å². The van der Waals surface area contributed by atoms with Crippen LogP contribution >= 0.6 is 0 Å². The van der Waals surface area contributed by atoms with Crippen molar-refractivity contribution < 1.29 is 4.79 Å². The molecule has 5 heteroatoms. The molecule has 0 unspecified atom stereocenters. The molecule has 0 spiro atoms. The Morgan fingerprint density at radius 2 is 2.15 bits per heavy atom. The van der Waals surface area contributed by atoms with Gasteiger partial charge in [-0.15, -0.1) is 0 Å². The maximum atomic E-state index is 11.9. The number of carbonyl (C=O) groups excluding carboxylic acids is 1. The monoisotopic (exact) mass is 268 g/mol. The molecule has 0 aliphatic rings. The van der Waals surface area contributed by atoms with Crippen molar-refractivity contribution in [3.63, 3.8) is 0 Å². The number of amides is 1. The fourth-order valence-corrected chi connectivity index (χ4v) is 2.01. The highest BCUT2D eigenvalue weighted by atomic mass is 16.1. The zero-order chi connectivity index (χ0) is 14.5. The Morgan fingerprint density at radius 3 is 2.80 bits per heavy atom. The van der Waals surface area contributed by atoms with Gasteiger partial charge in [0.05, 0.1) is 16.9 Å². The fourth-order valence-electron chi connectivity index (χ4n) is 2.01. The van der Waals surface area contributed by atoms with Gasteiger partial charge in [0.25, 0.3) is 0 Å². The first-order valence-electron chi connectivity index (χ1n) is 6.40. The minimum Gasteiger partial charge on any atom is -0.325 e. The Labute approximate surface area is 117 Å².